The molecule has 0 saturated heterocycles. The number of ether oxygens (including phenoxy) is 1. The van der Waals surface area contributed by atoms with E-state index in [0.29, 0.717) is 16.9 Å². The number of carbonyl (C=O) groups excluding carboxylic acids is 1. The molecule has 5 heterocycles. The number of anilines is 4. The Morgan fingerprint density at radius 1 is 0.788 bits per heavy atom. The summed E-state index contributed by atoms with van der Waals surface area (Å²) in [6.45, 7) is 7.33. The van der Waals surface area contributed by atoms with E-state index in [9.17, 15) is 4.79 Å². The Balaban J connectivity index is 0.000000166. The Bertz CT molecular complexity index is 2470. The fourth-order valence-corrected chi connectivity index (χ4v) is 5.44. The van der Waals surface area contributed by atoms with Gasteiger partial charge in [0.25, 0.3) is 0 Å². The lowest BCUT2D eigenvalue weighted by Crippen LogP contribution is -2.27. The maximum Gasteiger partial charge on any atom is 0.435 e. The number of nitrogens with one attached hydrogen (secondary N) is 3. The summed E-state index contributed by atoms with van der Waals surface area (Å²) < 4.78 is 11.9. The van der Waals surface area contributed by atoms with Crippen molar-refractivity contribution >= 4 is 62.7 Å². The fraction of sp³-hybridized carbons (Fsp3) is 0.132. The first-order valence-electron chi connectivity index (χ1n) is 16.2. The van der Waals surface area contributed by atoms with E-state index >= 15 is 0 Å². The maximum absolute atomic E-state index is 12.1. The predicted octanol–water partition coefficient (Wildman–Crippen LogP) is 9.34. The highest BCUT2D eigenvalue weighted by molar-refractivity contribution is 6.28. The second-order valence-corrected chi connectivity index (χ2v) is 13.0. The van der Waals surface area contributed by atoms with E-state index in [-0.39, 0.29) is 5.28 Å². The molecule has 3 aromatic carbocycles. The van der Waals surface area contributed by atoms with Gasteiger partial charge in [0.05, 0.1) is 24.2 Å². The number of nitrogens with zero attached hydrogens (tertiary/aromatic N) is 7. The number of benzene rings is 3. The molecule has 0 bridgehead atoms. The molecular formula is C38H33ClN10O3. The highest BCUT2D eigenvalue weighted by Gasteiger charge is 2.19. The Labute approximate surface area is 303 Å². The smallest absolute Gasteiger partial charge is 0.435 e. The van der Waals surface area contributed by atoms with E-state index in [1.165, 1.54) is 10.9 Å². The van der Waals surface area contributed by atoms with Crippen LogP contribution in [0.4, 0.5) is 27.8 Å². The summed E-state index contributed by atoms with van der Waals surface area (Å²) >= 11 is 5.97. The van der Waals surface area contributed by atoms with Gasteiger partial charge in [0, 0.05) is 46.3 Å². The standard InChI is InChI=1S/C20H18ClN5O3.C18H15N5/c1-20(2,3)29-19(27)26-11-13(10-22-26)12-4-6-14(7-5-12)23-17-16-15(8-9-28-16)24-18(21)25-17;1-12-21-17-5-3-2-4-16(17)18(22-12)23-15-8-6-13(7-9-15)14-10-19-20-11-14/h4-11H,1-3H3,(H,23,24,25);2-11H,1H3,(H,19,20)(H,21,22,23). The largest absolute Gasteiger partial charge is 0.459 e. The zero-order valence-electron chi connectivity index (χ0n) is 28.6. The van der Waals surface area contributed by atoms with Crippen LogP contribution < -0.4 is 10.6 Å². The molecule has 8 aromatic rings. The zero-order valence-corrected chi connectivity index (χ0v) is 29.4. The van der Waals surface area contributed by atoms with Gasteiger partial charge in [0.1, 0.15) is 22.8 Å². The summed E-state index contributed by atoms with van der Waals surface area (Å²) in [6, 6.07) is 25.5. The second kappa shape index (κ2) is 14.3. The molecule has 0 aliphatic carbocycles. The van der Waals surface area contributed by atoms with Crippen LogP contribution in [0.25, 0.3) is 44.3 Å². The van der Waals surface area contributed by atoms with Crippen molar-refractivity contribution in [2.45, 2.75) is 33.3 Å². The number of carbonyl (C=O) groups is 1. The molecule has 0 amide bonds. The van der Waals surface area contributed by atoms with Crippen molar-refractivity contribution < 1.29 is 13.9 Å². The SMILES string of the molecule is CC(C)(C)OC(=O)n1cc(-c2ccc(Nc3nc(Cl)nc4ccoc34)cc2)cn1.Cc1nc(Nc2ccc(-c3cn[nH]c3)cc2)c2ccccc2n1. The van der Waals surface area contributed by atoms with Gasteiger partial charge in [-0.05, 0) is 86.8 Å². The average molecular weight is 713 g/mol. The second-order valence-electron chi connectivity index (χ2n) is 12.7. The van der Waals surface area contributed by atoms with E-state index in [0.717, 1.165) is 56.2 Å². The lowest BCUT2D eigenvalue weighted by atomic mass is 10.1. The number of fused-ring (bicyclic) bond motifs is 2. The van der Waals surface area contributed by atoms with Crippen LogP contribution in [0, 0.1) is 6.92 Å². The Kier molecular flexibility index (Phi) is 9.33. The summed E-state index contributed by atoms with van der Waals surface area (Å²) in [7, 11) is 0. The number of hydrogen-bond acceptors (Lipinski definition) is 11. The number of halogens is 1. The number of para-hydroxylation sites is 1. The third-order valence-corrected chi connectivity index (χ3v) is 7.78. The third-order valence-electron chi connectivity index (χ3n) is 7.61. The van der Waals surface area contributed by atoms with Gasteiger partial charge in [-0.25, -0.2) is 19.7 Å². The van der Waals surface area contributed by atoms with Crippen molar-refractivity contribution in [2.24, 2.45) is 0 Å². The minimum absolute atomic E-state index is 0.132. The maximum atomic E-state index is 12.1. The molecule has 0 spiro atoms. The van der Waals surface area contributed by atoms with Gasteiger partial charge in [-0.1, -0.05) is 36.4 Å². The highest BCUT2D eigenvalue weighted by atomic mass is 35.5. The molecule has 0 radical (unpaired) electrons. The number of aryl methyl sites for hydroxylation is 1. The lowest BCUT2D eigenvalue weighted by Gasteiger charge is -2.18. The van der Waals surface area contributed by atoms with Crippen molar-refractivity contribution in [3.63, 3.8) is 0 Å². The highest BCUT2D eigenvalue weighted by Crippen LogP contribution is 2.29. The molecule has 14 heteroatoms. The molecule has 0 atom stereocenters. The normalized spacial score (nSPS) is 11.2. The van der Waals surface area contributed by atoms with Gasteiger partial charge in [-0.15, -0.1) is 0 Å². The fourth-order valence-electron chi connectivity index (χ4n) is 5.26. The first-order chi connectivity index (χ1) is 25.1. The molecule has 260 valence electrons. The third kappa shape index (κ3) is 7.90. The minimum Gasteiger partial charge on any atom is -0.459 e. The Morgan fingerprint density at radius 3 is 2.17 bits per heavy atom. The number of hydrogen-bond donors (Lipinski definition) is 3. The van der Waals surface area contributed by atoms with Gasteiger partial charge in [0.15, 0.2) is 11.4 Å². The summed E-state index contributed by atoms with van der Waals surface area (Å²) in [5.41, 5.74) is 7.16. The first kappa shape index (κ1) is 33.9. The molecule has 13 nitrogen and oxygen atoms in total. The van der Waals surface area contributed by atoms with Gasteiger partial charge in [-0.2, -0.15) is 19.9 Å². The van der Waals surface area contributed by atoms with Crippen LogP contribution in [0.1, 0.15) is 26.6 Å². The monoisotopic (exact) mass is 712 g/mol. The van der Waals surface area contributed by atoms with Crippen molar-refractivity contribution in [2.75, 3.05) is 10.6 Å². The minimum atomic E-state index is -0.584. The average Bonchev–Trinajstić information content (AvgIpc) is 3.92. The van der Waals surface area contributed by atoms with Crippen LogP contribution in [0.3, 0.4) is 0 Å². The van der Waals surface area contributed by atoms with Gasteiger partial charge >= 0.3 is 6.09 Å². The molecule has 0 aliphatic rings. The number of furan rings is 1. The quantitative estimate of drug-likeness (QED) is 0.141. The van der Waals surface area contributed by atoms with Crippen molar-refractivity contribution in [3.8, 4) is 22.3 Å². The Hall–Kier alpha value is -6.60. The molecule has 52 heavy (non-hydrogen) atoms. The number of H-pyrrole nitrogens is 1. The summed E-state index contributed by atoms with van der Waals surface area (Å²) in [4.78, 5) is 29.4. The number of aromatic nitrogens is 8. The van der Waals surface area contributed by atoms with Crippen LogP contribution in [0.15, 0.2) is 114 Å². The van der Waals surface area contributed by atoms with Crippen molar-refractivity contribution in [3.05, 3.63) is 121 Å². The molecule has 0 aliphatic heterocycles. The first-order valence-corrected chi connectivity index (χ1v) is 16.6. The summed E-state index contributed by atoms with van der Waals surface area (Å²) in [5, 5.41) is 18.6. The molecule has 3 N–H and O–H groups in total. The molecule has 0 fully saturated rings. The predicted molar refractivity (Wildman–Crippen MR) is 201 cm³/mol. The van der Waals surface area contributed by atoms with E-state index in [2.05, 4.69) is 58.0 Å². The van der Waals surface area contributed by atoms with Crippen LogP contribution in [-0.2, 0) is 4.74 Å². The van der Waals surface area contributed by atoms with Gasteiger partial charge in [-0.3, -0.25) is 5.10 Å². The summed E-state index contributed by atoms with van der Waals surface area (Å²) in [6.07, 6.45) is 7.94. The summed E-state index contributed by atoms with van der Waals surface area (Å²) in [5.74, 6) is 2.06. The topological polar surface area (TPSA) is 162 Å². The van der Waals surface area contributed by atoms with Crippen molar-refractivity contribution in [1.82, 2.24) is 39.9 Å². The molecule has 5 aromatic heterocycles. The zero-order chi connectivity index (χ0) is 36.2. The Morgan fingerprint density at radius 2 is 1.48 bits per heavy atom. The number of aromatic amines is 1. The van der Waals surface area contributed by atoms with Crippen LogP contribution in [-0.4, -0.2) is 51.6 Å². The van der Waals surface area contributed by atoms with E-state index < -0.39 is 11.7 Å². The van der Waals surface area contributed by atoms with E-state index in [4.69, 9.17) is 20.8 Å². The molecule has 0 saturated carbocycles. The van der Waals surface area contributed by atoms with Crippen molar-refractivity contribution in [1.29, 1.82) is 0 Å². The van der Waals surface area contributed by atoms with Gasteiger partial charge in [0.2, 0.25) is 5.28 Å². The van der Waals surface area contributed by atoms with Crippen LogP contribution in [0.5, 0.6) is 0 Å². The van der Waals surface area contributed by atoms with Crippen LogP contribution in [0.2, 0.25) is 5.28 Å². The molecule has 8 rings (SSSR count). The molecular weight excluding hydrogens is 680 g/mol. The lowest BCUT2D eigenvalue weighted by molar-refractivity contribution is 0.0514. The van der Waals surface area contributed by atoms with E-state index in [1.54, 1.807) is 18.5 Å². The number of rotatable bonds is 6. The van der Waals surface area contributed by atoms with Gasteiger partial charge < -0.3 is 19.8 Å². The van der Waals surface area contributed by atoms with Crippen LogP contribution >= 0.6 is 11.6 Å². The van der Waals surface area contributed by atoms with E-state index in [1.807, 2.05) is 101 Å². The molecule has 0 unspecified atom stereocenters.